The number of pyridine rings is 2. The first kappa shape index (κ1) is 42.7. The molecule has 7 rings (SSSR count). The van der Waals surface area contributed by atoms with Crippen molar-refractivity contribution < 1.29 is 41.9 Å². The van der Waals surface area contributed by atoms with Crippen molar-refractivity contribution in [3.05, 3.63) is 153 Å². The summed E-state index contributed by atoms with van der Waals surface area (Å²) in [7, 11) is 0. The van der Waals surface area contributed by atoms with Crippen LogP contribution >= 0.6 is 0 Å². The molecule has 2 aliphatic rings. The Labute approximate surface area is 352 Å². The SMILES string of the molecule is Cc1cc(F)ncc1-c1ccccc1C[C@H](NC(=O)c1cc(F)cn(Cc2ccc(F)cc2)c1=O)C(=O)NCCCCNc1cccc2c1C(=O)N(C1CCC(=O)NC1=O)C2=O. The highest BCUT2D eigenvalue weighted by molar-refractivity contribution is 6.25. The van der Waals surface area contributed by atoms with Crippen molar-refractivity contribution >= 4 is 41.1 Å². The number of anilines is 1. The number of carbonyl (C=O) groups excluding carboxylic acids is 6. The van der Waals surface area contributed by atoms with E-state index in [-0.39, 0.29) is 43.5 Å². The minimum absolute atomic E-state index is 0.00656. The van der Waals surface area contributed by atoms with E-state index >= 15 is 0 Å². The molecule has 0 spiro atoms. The Hall–Kier alpha value is -7.43. The highest BCUT2D eigenvalue weighted by Crippen LogP contribution is 2.32. The van der Waals surface area contributed by atoms with Crippen LogP contribution in [0.15, 0.2) is 96.1 Å². The summed E-state index contributed by atoms with van der Waals surface area (Å²) in [6.45, 7) is 2.00. The summed E-state index contributed by atoms with van der Waals surface area (Å²) in [4.78, 5) is 96.6. The number of rotatable bonds is 15. The lowest BCUT2D eigenvalue weighted by Crippen LogP contribution is -2.54. The Balaban J connectivity index is 1.04. The lowest BCUT2D eigenvalue weighted by molar-refractivity contribution is -0.136. The largest absolute Gasteiger partial charge is 0.384 e. The molecular weight excluding hydrogens is 808 g/mol. The number of hydrogen-bond acceptors (Lipinski definition) is 9. The molecule has 1 fully saturated rings. The highest BCUT2D eigenvalue weighted by atomic mass is 19.1. The third kappa shape index (κ3) is 9.31. The van der Waals surface area contributed by atoms with Crippen LogP contribution in [-0.4, -0.2) is 75.1 Å². The topological polar surface area (TPSA) is 189 Å². The quantitative estimate of drug-likeness (QED) is 0.0672. The molecule has 62 heavy (non-hydrogen) atoms. The fourth-order valence-corrected chi connectivity index (χ4v) is 7.57. The maximum atomic E-state index is 14.9. The van der Waals surface area contributed by atoms with Crippen molar-refractivity contribution in [2.24, 2.45) is 0 Å². The molecule has 1 saturated heterocycles. The number of carbonyl (C=O) groups is 6. The summed E-state index contributed by atoms with van der Waals surface area (Å²) in [5.41, 5.74) is 2.07. The fourth-order valence-electron chi connectivity index (χ4n) is 7.57. The smallest absolute Gasteiger partial charge is 0.264 e. The van der Waals surface area contributed by atoms with Gasteiger partial charge < -0.3 is 20.5 Å². The van der Waals surface area contributed by atoms with Crippen LogP contribution in [0.5, 0.6) is 0 Å². The van der Waals surface area contributed by atoms with Gasteiger partial charge in [-0.1, -0.05) is 42.5 Å². The van der Waals surface area contributed by atoms with E-state index in [1.165, 1.54) is 42.6 Å². The van der Waals surface area contributed by atoms with Crippen LogP contribution in [0.1, 0.15) is 73.4 Å². The minimum Gasteiger partial charge on any atom is -0.384 e. The second-order valence-corrected chi connectivity index (χ2v) is 14.9. The van der Waals surface area contributed by atoms with Crippen LogP contribution in [0.4, 0.5) is 18.9 Å². The summed E-state index contributed by atoms with van der Waals surface area (Å²) in [6.07, 6.45) is 3.11. The zero-order valence-electron chi connectivity index (χ0n) is 33.3. The summed E-state index contributed by atoms with van der Waals surface area (Å²) in [6, 6.07) is 16.6. The maximum absolute atomic E-state index is 14.9. The van der Waals surface area contributed by atoms with E-state index in [0.717, 1.165) is 21.7 Å². The van der Waals surface area contributed by atoms with Gasteiger partial charge >= 0.3 is 0 Å². The van der Waals surface area contributed by atoms with Gasteiger partial charge in [0, 0.05) is 49.6 Å². The van der Waals surface area contributed by atoms with E-state index in [9.17, 15) is 46.7 Å². The molecule has 6 amide bonds. The molecule has 2 aliphatic heterocycles. The number of nitrogens with zero attached hydrogens (tertiary/aromatic N) is 3. The van der Waals surface area contributed by atoms with Gasteiger partial charge in [-0.3, -0.25) is 43.8 Å². The number of amides is 6. The Morgan fingerprint density at radius 2 is 1.60 bits per heavy atom. The van der Waals surface area contributed by atoms with Crippen molar-refractivity contribution in [1.29, 1.82) is 0 Å². The average molecular weight is 848 g/mol. The molecule has 14 nitrogen and oxygen atoms in total. The highest BCUT2D eigenvalue weighted by Gasteiger charge is 2.45. The van der Waals surface area contributed by atoms with Gasteiger partial charge in [0.15, 0.2) is 0 Å². The molecule has 17 heteroatoms. The number of aryl methyl sites for hydroxylation is 1. The monoisotopic (exact) mass is 847 g/mol. The molecule has 318 valence electrons. The normalized spacial score (nSPS) is 15.2. The van der Waals surface area contributed by atoms with Gasteiger partial charge in [0.05, 0.1) is 17.7 Å². The molecule has 1 unspecified atom stereocenters. The Kier molecular flexibility index (Phi) is 12.7. The first-order valence-electron chi connectivity index (χ1n) is 19.8. The Morgan fingerprint density at radius 1 is 0.855 bits per heavy atom. The van der Waals surface area contributed by atoms with Gasteiger partial charge in [0.25, 0.3) is 23.3 Å². The number of aromatic nitrogens is 2. The van der Waals surface area contributed by atoms with Crippen molar-refractivity contribution in [2.75, 3.05) is 18.4 Å². The number of hydrogen-bond donors (Lipinski definition) is 4. The maximum Gasteiger partial charge on any atom is 0.264 e. The van der Waals surface area contributed by atoms with E-state index in [4.69, 9.17) is 0 Å². The number of piperidine rings is 1. The number of benzene rings is 3. The molecule has 0 aliphatic carbocycles. The van der Waals surface area contributed by atoms with E-state index < -0.39 is 76.2 Å². The molecule has 3 aromatic carbocycles. The summed E-state index contributed by atoms with van der Waals surface area (Å²) in [5.74, 6) is -6.16. The number of fused-ring (bicyclic) bond motifs is 1. The molecule has 4 heterocycles. The second kappa shape index (κ2) is 18.5. The standard InChI is InChI=1S/C45H40F3N7O7/c1-25-19-37(48)51-22-33(25)30-8-3-2-7-27(30)20-35(52-40(57)32-21-29(47)24-54(43(32)60)23-26-11-13-28(46)14-12-26)41(58)50-18-5-4-17-49-34-10-6-9-31-39(34)45(62)55(44(31)61)36-15-16-38(56)53-42(36)59/h2-3,6-14,19,21-22,24,35-36,49H,4-5,15-18,20,23H2,1H3,(H,50,58)(H,52,57)(H,53,56,59)/t35-,36?/m0/s1. The third-order valence-corrected chi connectivity index (χ3v) is 10.7. The van der Waals surface area contributed by atoms with Crippen LogP contribution in [0.2, 0.25) is 0 Å². The van der Waals surface area contributed by atoms with Gasteiger partial charge in [0.1, 0.15) is 29.3 Å². The molecule has 0 radical (unpaired) electrons. The zero-order valence-corrected chi connectivity index (χ0v) is 33.3. The van der Waals surface area contributed by atoms with Crippen LogP contribution < -0.4 is 26.8 Å². The van der Waals surface area contributed by atoms with Crippen LogP contribution in [0, 0.1) is 24.5 Å². The van der Waals surface area contributed by atoms with E-state index in [1.807, 2.05) is 0 Å². The lowest BCUT2D eigenvalue weighted by atomic mass is 9.93. The van der Waals surface area contributed by atoms with Gasteiger partial charge in [-0.15, -0.1) is 0 Å². The first-order valence-corrected chi connectivity index (χ1v) is 19.8. The van der Waals surface area contributed by atoms with Crippen LogP contribution in [0.3, 0.4) is 0 Å². The third-order valence-electron chi connectivity index (χ3n) is 10.7. The number of unbranched alkanes of at least 4 members (excludes halogenated alkanes) is 1. The van der Waals surface area contributed by atoms with Crippen molar-refractivity contribution in [1.82, 2.24) is 30.4 Å². The van der Waals surface area contributed by atoms with Crippen molar-refractivity contribution in [2.45, 2.75) is 57.7 Å². The fraction of sp³-hybridized carbons (Fsp3) is 0.244. The van der Waals surface area contributed by atoms with Gasteiger partial charge in [-0.2, -0.15) is 4.39 Å². The van der Waals surface area contributed by atoms with Crippen molar-refractivity contribution in [3.8, 4) is 11.1 Å². The van der Waals surface area contributed by atoms with Gasteiger partial charge in [-0.25, -0.2) is 13.8 Å². The molecule has 5 aromatic rings. The zero-order chi connectivity index (χ0) is 44.1. The van der Waals surface area contributed by atoms with Crippen LogP contribution in [-0.2, 0) is 27.3 Å². The molecule has 4 N–H and O–H groups in total. The van der Waals surface area contributed by atoms with E-state index in [2.05, 4.69) is 26.3 Å². The predicted molar refractivity (Wildman–Crippen MR) is 219 cm³/mol. The minimum atomic E-state index is -1.29. The summed E-state index contributed by atoms with van der Waals surface area (Å²) >= 11 is 0. The van der Waals surface area contributed by atoms with Gasteiger partial charge in [-0.05, 0) is 84.8 Å². The van der Waals surface area contributed by atoms with Gasteiger partial charge in [0.2, 0.25) is 23.7 Å². The molecule has 0 bridgehead atoms. The molecule has 0 saturated carbocycles. The lowest BCUT2D eigenvalue weighted by Gasteiger charge is -2.27. The Bertz CT molecular complexity index is 2670. The van der Waals surface area contributed by atoms with E-state index in [1.54, 1.807) is 43.3 Å². The van der Waals surface area contributed by atoms with E-state index in [0.29, 0.717) is 52.9 Å². The number of imide groups is 2. The molecule has 2 atom stereocenters. The average Bonchev–Trinajstić information content (AvgIpc) is 3.50. The second-order valence-electron chi connectivity index (χ2n) is 14.9. The number of halogens is 3. The van der Waals surface area contributed by atoms with Crippen molar-refractivity contribution in [3.63, 3.8) is 0 Å². The molecule has 2 aromatic heterocycles. The summed E-state index contributed by atoms with van der Waals surface area (Å²) < 4.78 is 43.3. The molecular formula is C45H40F3N7O7. The predicted octanol–water partition coefficient (Wildman–Crippen LogP) is 4.44. The Morgan fingerprint density at radius 3 is 2.35 bits per heavy atom. The summed E-state index contributed by atoms with van der Waals surface area (Å²) in [5, 5.41) is 10.8. The number of nitrogens with one attached hydrogen (secondary N) is 4. The first-order chi connectivity index (χ1) is 29.8. The van der Waals surface area contributed by atoms with Crippen LogP contribution in [0.25, 0.3) is 11.1 Å².